The number of guanidine groups is 1. The monoisotopic (exact) mass is 353 g/mol. The molecule has 2 unspecified atom stereocenters. The van der Waals surface area contributed by atoms with Gasteiger partial charge in [0.05, 0.1) is 0 Å². The first-order valence-electron chi connectivity index (χ1n) is 8.83. The maximum absolute atomic E-state index is 5.33. The molecule has 0 amide bonds. The Morgan fingerprint density at radius 1 is 1.38 bits per heavy atom. The third kappa shape index (κ3) is 5.69. The van der Waals surface area contributed by atoms with Gasteiger partial charge in [0, 0.05) is 23.3 Å². The van der Waals surface area contributed by atoms with Crippen molar-refractivity contribution < 1.29 is 4.52 Å². The Morgan fingerprint density at radius 3 is 2.79 bits per heavy atom. The molecule has 0 radical (unpaired) electrons. The van der Waals surface area contributed by atoms with Crippen molar-refractivity contribution in [3.8, 4) is 0 Å². The van der Waals surface area contributed by atoms with Gasteiger partial charge in [-0.25, -0.2) is 4.99 Å². The molecule has 0 spiro atoms. The minimum Gasteiger partial charge on any atom is -0.357 e. The predicted octanol–water partition coefficient (Wildman–Crippen LogP) is 3.10. The van der Waals surface area contributed by atoms with Crippen LogP contribution < -0.4 is 10.6 Å². The smallest absolute Gasteiger partial charge is 0.232 e. The number of nitrogens with zero attached hydrogens (tertiary/aromatic N) is 3. The van der Waals surface area contributed by atoms with Crippen molar-refractivity contribution in [3.05, 3.63) is 11.7 Å². The van der Waals surface area contributed by atoms with Crippen molar-refractivity contribution in [1.29, 1.82) is 0 Å². The molecule has 1 aromatic rings. The van der Waals surface area contributed by atoms with E-state index in [0.717, 1.165) is 17.8 Å². The van der Waals surface area contributed by atoms with E-state index < -0.39 is 0 Å². The summed E-state index contributed by atoms with van der Waals surface area (Å²) in [5, 5.41) is 11.7. The molecule has 7 heteroatoms. The summed E-state index contributed by atoms with van der Waals surface area (Å²) >= 11 is 1.97. The lowest BCUT2D eigenvalue weighted by Gasteiger charge is -2.29. The normalized spacial score (nSPS) is 22.5. The van der Waals surface area contributed by atoms with Crippen LogP contribution >= 0.6 is 11.8 Å². The van der Waals surface area contributed by atoms with Gasteiger partial charge in [0.1, 0.15) is 6.54 Å². The van der Waals surface area contributed by atoms with Gasteiger partial charge >= 0.3 is 0 Å². The van der Waals surface area contributed by atoms with Gasteiger partial charge in [-0.1, -0.05) is 32.3 Å². The second kappa shape index (κ2) is 8.74. The summed E-state index contributed by atoms with van der Waals surface area (Å²) in [6.45, 7) is 9.52. The first-order valence-corrected chi connectivity index (χ1v) is 10.1. The number of thioether (sulfide) groups is 1. The first-order chi connectivity index (χ1) is 11.4. The van der Waals surface area contributed by atoms with Gasteiger partial charge in [0.25, 0.3) is 0 Å². The minimum absolute atomic E-state index is 0.132. The van der Waals surface area contributed by atoms with E-state index in [9.17, 15) is 0 Å². The molecule has 2 atom stereocenters. The SMILES string of the molecule is CCNC(=NCc1noc(C(C)(C)C)n1)NC1CCCC(SC)C1. The van der Waals surface area contributed by atoms with E-state index in [1.807, 2.05) is 11.8 Å². The average Bonchev–Trinajstić information content (AvgIpc) is 3.02. The predicted molar refractivity (Wildman–Crippen MR) is 101 cm³/mol. The fourth-order valence-electron chi connectivity index (χ4n) is 2.78. The fraction of sp³-hybridized carbons (Fsp3) is 0.824. The molecule has 2 N–H and O–H groups in total. The van der Waals surface area contributed by atoms with Crippen molar-refractivity contribution in [3.63, 3.8) is 0 Å². The van der Waals surface area contributed by atoms with Gasteiger partial charge in [-0.15, -0.1) is 0 Å². The summed E-state index contributed by atoms with van der Waals surface area (Å²) in [4.78, 5) is 9.07. The van der Waals surface area contributed by atoms with Crippen LogP contribution in [0.15, 0.2) is 9.52 Å². The summed E-state index contributed by atoms with van der Waals surface area (Å²) in [5.74, 6) is 2.12. The quantitative estimate of drug-likeness (QED) is 0.626. The number of rotatable bonds is 5. The second-order valence-electron chi connectivity index (χ2n) is 7.33. The Morgan fingerprint density at radius 2 is 2.17 bits per heavy atom. The van der Waals surface area contributed by atoms with Crippen LogP contribution in [0.2, 0.25) is 0 Å². The van der Waals surface area contributed by atoms with Crippen LogP contribution in [0, 0.1) is 0 Å². The molecular weight excluding hydrogens is 322 g/mol. The summed E-state index contributed by atoms with van der Waals surface area (Å²) in [5.41, 5.74) is -0.132. The Kier molecular flexibility index (Phi) is 6.95. The van der Waals surface area contributed by atoms with Crippen LogP contribution in [0.4, 0.5) is 0 Å². The number of hydrogen-bond acceptors (Lipinski definition) is 5. The average molecular weight is 354 g/mol. The Balaban J connectivity index is 1.96. The van der Waals surface area contributed by atoms with E-state index in [4.69, 9.17) is 4.52 Å². The molecule has 2 rings (SSSR count). The molecule has 0 saturated heterocycles. The third-order valence-electron chi connectivity index (χ3n) is 4.13. The van der Waals surface area contributed by atoms with Gasteiger partial charge in [0.15, 0.2) is 11.8 Å². The lowest BCUT2D eigenvalue weighted by molar-refractivity contribution is 0.318. The molecule has 1 fully saturated rings. The highest BCUT2D eigenvalue weighted by Gasteiger charge is 2.23. The van der Waals surface area contributed by atoms with Crippen molar-refractivity contribution in [2.75, 3.05) is 12.8 Å². The fourth-order valence-corrected chi connectivity index (χ4v) is 3.60. The lowest BCUT2D eigenvalue weighted by atomic mass is 9.95. The molecular formula is C17H31N5OS. The molecule has 136 valence electrons. The van der Waals surface area contributed by atoms with Crippen molar-refractivity contribution in [2.24, 2.45) is 4.99 Å². The zero-order valence-electron chi connectivity index (χ0n) is 15.6. The minimum atomic E-state index is -0.132. The highest BCUT2D eigenvalue weighted by atomic mass is 32.2. The summed E-state index contributed by atoms with van der Waals surface area (Å²) in [7, 11) is 0. The van der Waals surface area contributed by atoms with Crippen molar-refractivity contribution in [2.45, 2.75) is 76.6 Å². The molecule has 1 heterocycles. The first kappa shape index (κ1) is 19.1. The Hall–Kier alpha value is -1.24. The molecule has 1 aliphatic carbocycles. The molecule has 1 aromatic heterocycles. The van der Waals surface area contributed by atoms with Gasteiger partial charge in [-0.2, -0.15) is 16.7 Å². The third-order valence-corrected chi connectivity index (χ3v) is 5.23. The second-order valence-corrected chi connectivity index (χ2v) is 8.46. The number of hydrogen-bond donors (Lipinski definition) is 2. The zero-order valence-corrected chi connectivity index (χ0v) is 16.4. The Labute approximate surface area is 149 Å². The standard InChI is InChI=1S/C17H31N5OS/c1-6-18-16(20-12-8-7-9-13(10-12)24-5)19-11-14-21-15(23-22-14)17(2,3)4/h12-13H,6-11H2,1-5H3,(H2,18,19,20). The number of aromatic nitrogens is 2. The lowest BCUT2D eigenvalue weighted by Crippen LogP contribution is -2.45. The summed E-state index contributed by atoms with van der Waals surface area (Å²) in [6, 6.07) is 0.490. The molecule has 1 saturated carbocycles. The van der Waals surface area contributed by atoms with Crippen LogP contribution in [0.1, 0.15) is 65.1 Å². The molecule has 0 bridgehead atoms. The number of aliphatic imine (C=N–C) groups is 1. The van der Waals surface area contributed by atoms with E-state index in [1.165, 1.54) is 25.7 Å². The van der Waals surface area contributed by atoms with E-state index in [-0.39, 0.29) is 5.41 Å². The summed E-state index contributed by atoms with van der Waals surface area (Å²) in [6.07, 6.45) is 7.21. The maximum atomic E-state index is 5.33. The van der Waals surface area contributed by atoms with Crippen LogP contribution in [0.25, 0.3) is 0 Å². The van der Waals surface area contributed by atoms with Gasteiger partial charge in [-0.05, 0) is 32.4 Å². The topological polar surface area (TPSA) is 75.3 Å². The van der Waals surface area contributed by atoms with E-state index >= 15 is 0 Å². The maximum Gasteiger partial charge on any atom is 0.232 e. The highest BCUT2D eigenvalue weighted by molar-refractivity contribution is 7.99. The van der Waals surface area contributed by atoms with Crippen LogP contribution in [0.5, 0.6) is 0 Å². The summed E-state index contributed by atoms with van der Waals surface area (Å²) < 4.78 is 5.33. The van der Waals surface area contributed by atoms with E-state index in [1.54, 1.807) is 0 Å². The molecule has 0 aromatic carbocycles. The molecule has 1 aliphatic rings. The van der Waals surface area contributed by atoms with E-state index in [2.05, 4.69) is 59.7 Å². The zero-order chi connectivity index (χ0) is 17.6. The van der Waals surface area contributed by atoms with Gasteiger partial charge in [-0.3, -0.25) is 0 Å². The number of nitrogens with one attached hydrogen (secondary N) is 2. The largest absolute Gasteiger partial charge is 0.357 e. The van der Waals surface area contributed by atoms with Crippen LogP contribution in [0.3, 0.4) is 0 Å². The highest BCUT2D eigenvalue weighted by Crippen LogP contribution is 2.26. The van der Waals surface area contributed by atoms with Crippen LogP contribution in [-0.4, -0.2) is 40.2 Å². The molecule has 24 heavy (non-hydrogen) atoms. The van der Waals surface area contributed by atoms with Gasteiger partial charge < -0.3 is 15.2 Å². The van der Waals surface area contributed by atoms with Crippen molar-refractivity contribution in [1.82, 2.24) is 20.8 Å². The van der Waals surface area contributed by atoms with Crippen molar-refractivity contribution >= 4 is 17.7 Å². The van der Waals surface area contributed by atoms with E-state index in [0.29, 0.717) is 24.3 Å². The molecule has 0 aliphatic heterocycles. The van der Waals surface area contributed by atoms with Gasteiger partial charge in [0.2, 0.25) is 5.89 Å². The van der Waals surface area contributed by atoms with Crippen LogP contribution in [-0.2, 0) is 12.0 Å². The molecule has 6 nitrogen and oxygen atoms in total. The Bertz CT molecular complexity index is 537.